The average molecular weight is 348 g/mol. The van der Waals surface area contributed by atoms with Crippen molar-refractivity contribution in [3.05, 3.63) is 28.7 Å². The fourth-order valence-electron chi connectivity index (χ4n) is 1.97. The Labute approximate surface area is 120 Å². The molecule has 0 aromatic heterocycles. The van der Waals surface area contributed by atoms with Gasteiger partial charge in [-0.1, -0.05) is 15.9 Å². The normalized spacial score (nSPS) is 22.6. The number of sulfonamides is 1. The van der Waals surface area contributed by atoms with Crippen LogP contribution in [0.2, 0.25) is 0 Å². The quantitative estimate of drug-likeness (QED) is 0.841. The van der Waals surface area contributed by atoms with Crippen molar-refractivity contribution < 1.29 is 17.9 Å². The molecule has 104 valence electrons. The SMILES string of the molecule is COC(=O)[C@H]1C[C@@H](NS(=O)(=O)c2ccc(Br)cc2)C1. The van der Waals surface area contributed by atoms with E-state index in [1.165, 1.54) is 19.2 Å². The van der Waals surface area contributed by atoms with Crippen LogP contribution in [0, 0.1) is 5.92 Å². The van der Waals surface area contributed by atoms with Gasteiger partial charge in [0.05, 0.1) is 17.9 Å². The number of ether oxygens (including phenoxy) is 1. The highest BCUT2D eigenvalue weighted by Crippen LogP contribution is 2.29. The number of methoxy groups -OCH3 is 1. The van der Waals surface area contributed by atoms with Crippen LogP contribution in [0.15, 0.2) is 33.6 Å². The number of carbonyl (C=O) groups excluding carboxylic acids is 1. The Morgan fingerprint density at radius 1 is 1.32 bits per heavy atom. The molecule has 0 amide bonds. The minimum atomic E-state index is -3.52. The van der Waals surface area contributed by atoms with Crippen molar-refractivity contribution in [1.82, 2.24) is 4.72 Å². The molecule has 0 atom stereocenters. The summed E-state index contributed by atoms with van der Waals surface area (Å²) >= 11 is 3.25. The molecule has 0 radical (unpaired) electrons. The van der Waals surface area contributed by atoms with Gasteiger partial charge in [0, 0.05) is 10.5 Å². The molecule has 0 aliphatic heterocycles. The molecule has 1 aliphatic rings. The van der Waals surface area contributed by atoms with Gasteiger partial charge < -0.3 is 4.74 Å². The van der Waals surface area contributed by atoms with Gasteiger partial charge in [-0.25, -0.2) is 13.1 Å². The molecule has 0 unspecified atom stereocenters. The zero-order valence-corrected chi connectivity index (χ0v) is 12.7. The topological polar surface area (TPSA) is 72.5 Å². The highest BCUT2D eigenvalue weighted by atomic mass is 79.9. The smallest absolute Gasteiger partial charge is 0.308 e. The van der Waals surface area contributed by atoms with Crippen molar-refractivity contribution in [3.8, 4) is 0 Å². The maximum absolute atomic E-state index is 12.1. The number of carbonyl (C=O) groups is 1. The lowest BCUT2D eigenvalue weighted by atomic mass is 9.81. The lowest BCUT2D eigenvalue weighted by Crippen LogP contribution is -2.46. The first kappa shape index (κ1) is 14.5. The van der Waals surface area contributed by atoms with E-state index in [0.29, 0.717) is 12.8 Å². The molecule has 1 aromatic carbocycles. The van der Waals surface area contributed by atoms with Gasteiger partial charge >= 0.3 is 5.97 Å². The maximum atomic E-state index is 12.1. The molecular formula is C12H14BrNO4S. The third kappa shape index (κ3) is 3.34. The standard InChI is InChI=1S/C12H14BrNO4S/c1-18-12(15)8-6-10(7-8)14-19(16,17)11-4-2-9(13)3-5-11/h2-5,8,10,14H,6-7H2,1H3/t8-,10+. The van der Waals surface area contributed by atoms with Gasteiger partial charge in [-0.2, -0.15) is 0 Å². The maximum Gasteiger partial charge on any atom is 0.308 e. The second kappa shape index (κ2) is 5.60. The average Bonchev–Trinajstić information content (AvgIpc) is 2.33. The molecule has 1 saturated carbocycles. The van der Waals surface area contributed by atoms with Crippen LogP contribution < -0.4 is 4.72 Å². The van der Waals surface area contributed by atoms with Crippen molar-refractivity contribution in [1.29, 1.82) is 0 Å². The molecule has 1 aromatic rings. The van der Waals surface area contributed by atoms with Gasteiger partial charge in [-0.3, -0.25) is 4.79 Å². The molecule has 0 spiro atoms. The second-order valence-corrected chi connectivity index (χ2v) is 7.09. The third-order valence-electron chi connectivity index (χ3n) is 3.12. The molecule has 1 aliphatic carbocycles. The van der Waals surface area contributed by atoms with Crippen LogP contribution in [0.1, 0.15) is 12.8 Å². The van der Waals surface area contributed by atoms with Crippen molar-refractivity contribution >= 4 is 31.9 Å². The van der Waals surface area contributed by atoms with Crippen molar-refractivity contribution in [2.45, 2.75) is 23.8 Å². The van der Waals surface area contributed by atoms with Gasteiger partial charge in [0.2, 0.25) is 10.0 Å². The number of hydrogen-bond acceptors (Lipinski definition) is 4. The molecule has 2 rings (SSSR count). The van der Waals surface area contributed by atoms with E-state index < -0.39 is 10.0 Å². The van der Waals surface area contributed by atoms with Gasteiger partial charge in [0.1, 0.15) is 0 Å². The number of esters is 1. The highest BCUT2D eigenvalue weighted by molar-refractivity contribution is 9.10. The van der Waals surface area contributed by atoms with Crippen molar-refractivity contribution in [3.63, 3.8) is 0 Å². The van der Waals surface area contributed by atoms with E-state index in [9.17, 15) is 13.2 Å². The van der Waals surface area contributed by atoms with Gasteiger partial charge in [0.25, 0.3) is 0 Å². The summed E-state index contributed by atoms with van der Waals surface area (Å²) < 4.78 is 32.1. The molecule has 0 saturated heterocycles. The summed E-state index contributed by atoms with van der Waals surface area (Å²) in [4.78, 5) is 11.4. The zero-order chi connectivity index (χ0) is 14.0. The van der Waals surface area contributed by atoms with Gasteiger partial charge in [-0.15, -0.1) is 0 Å². The van der Waals surface area contributed by atoms with E-state index in [0.717, 1.165) is 4.47 Å². The zero-order valence-electron chi connectivity index (χ0n) is 10.3. The lowest BCUT2D eigenvalue weighted by Gasteiger charge is -2.33. The largest absolute Gasteiger partial charge is 0.469 e. The molecule has 0 heterocycles. The Kier molecular flexibility index (Phi) is 4.27. The van der Waals surface area contributed by atoms with Crippen LogP contribution in [0.3, 0.4) is 0 Å². The fraction of sp³-hybridized carbons (Fsp3) is 0.417. The Morgan fingerprint density at radius 3 is 2.42 bits per heavy atom. The molecule has 1 N–H and O–H groups in total. The minimum Gasteiger partial charge on any atom is -0.469 e. The van der Waals surface area contributed by atoms with Crippen LogP contribution in [-0.4, -0.2) is 27.5 Å². The van der Waals surface area contributed by atoms with Crippen molar-refractivity contribution in [2.24, 2.45) is 5.92 Å². The number of benzene rings is 1. The predicted molar refractivity (Wildman–Crippen MR) is 73.0 cm³/mol. The van der Waals surface area contributed by atoms with E-state index in [1.54, 1.807) is 12.1 Å². The summed E-state index contributed by atoms with van der Waals surface area (Å²) in [5.41, 5.74) is 0. The second-order valence-electron chi connectivity index (χ2n) is 4.46. The summed E-state index contributed by atoms with van der Waals surface area (Å²) in [5.74, 6) is -0.471. The first-order valence-electron chi connectivity index (χ1n) is 5.78. The monoisotopic (exact) mass is 347 g/mol. The summed E-state index contributed by atoms with van der Waals surface area (Å²) in [7, 11) is -2.18. The van der Waals surface area contributed by atoms with Crippen LogP contribution in [0.25, 0.3) is 0 Å². The van der Waals surface area contributed by atoms with Crippen LogP contribution >= 0.6 is 15.9 Å². The van der Waals surface area contributed by atoms with E-state index in [-0.39, 0.29) is 22.8 Å². The number of halogens is 1. The molecular weight excluding hydrogens is 334 g/mol. The summed E-state index contributed by atoms with van der Waals surface area (Å²) in [5, 5.41) is 0. The van der Waals surface area contributed by atoms with Crippen LogP contribution in [0.5, 0.6) is 0 Å². The lowest BCUT2D eigenvalue weighted by molar-refractivity contribution is -0.148. The fourth-order valence-corrected chi connectivity index (χ4v) is 3.50. The Morgan fingerprint density at radius 2 is 1.89 bits per heavy atom. The molecule has 5 nitrogen and oxygen atoms in total. The summed E-state index contributed by atoms with van der Waals surface area (Å²) in [6, 6.07) is 6.21. The van der Waals surface area contributed by atoms with E-state index in [1.807, 2.05) is 0 Å². The first-order chi connectivity index (χ1) is 8.92. The number of hydrogen-bond donors (Lipinski definition) is 1. The Hall–Kier alpha value is -0.920. The molecule has 0 bridgehead atoms. The Balaban J connectivity index is 1.97. The molecule has 1 fully saturated rings. The van der Waals surface area contributed by atoms with Crippen LogP contribution in [0.4, 0.5) is 0 Å². The third-order valence-corrected chi connectivity index (χ3v) is 5.18. The van der Waals surface area contributed by atoms with Crippen LogP contribution in [-0.2, 0) is 19.6 Å². The summed E-state index contributed by atoms with van der Waals surface area (Å²) in [6.07, 6.45) is 0.977. The minimum absolute atomic E-state index is 0.192. The molecule has 19 heavy (non-hydrogen) atoms. The first-order valence-corrected chi connectivity index (χ1v) is 8.05. The van der Waals surface area contributed by atoms with Gasteiger partial charge in [0.15, 0.2) is 0 Å². The van der Waals surface area contributed by atoms with E-state index >= 15 is 0 Å². The van der Waals surface area contributed by atoms with Crippen molar-refractivity contribution in [2.75, 3.05) is 7.11 Å². The molecule has 7 heteroatoms. The van der Waals surface area contributed by atoms with Gasteiger partial charge in [-0.05, 0) is 37.1 Å². The van der Waals surface area contributed by atoms with E-state index in [2.05, 4.69) is 25.4 Å². The highest BCUT2D eigenvalue weighted by Gasteiger charge is 2.37. The number of nitrogens with one attached hydrogen (secondary N) is 1. The predicted octanol–water partition coefficient (Wildman–Crippen LogP) is 1.68. The Bertz CT molecular complexity index is 564. The van der Waals surface area contributed by atoms with E-state index in [4.69, 9.17) is 0 Å². The summed E-state index contributed by atoms with van der Waals surface area (Å²) in [6.45, 7) is 0. The number of rotatable bonds is 4.